The van der Waals surface area contributed by atoms with Crippen LogP contribution in [0.2, 0.25) is 0 Å². The predicted molar refractivity (Wildman–Crippen MR) is 67.3 cm³/mol. The van der Waals surface area contributed by atoms with Crippen molar-refractivity contribution in [2.75, 3.05) is 6.54 Å². The van der Waals surface area contributed by atoms with E-state index in [4.69, 9.17) is 5.11 Å². The molecule has 0 unspecified atom stereocenters. The maximum Gasteiger partial charge on any atom is 0.318 e. The molecule has 0 bridgehead atoms. The number of carboxylic acid groups (broad SMARTS) is 1. The summed E-state index contributed by atoms with van der Waals surface area (Å²) in [6.45, 7) is 4.06. The topological polar surface area (TPSA) is 100 Å². The van der Waals surface area contributed by atoms with Gasteiger partial charge in [0.2, 0.25) is 0 Å². The van der Waals surface area contributed by atoms with Crippen molar-refractivity contribution in [2.24, 2.45) is 7.05 Å². The fourth-order valence-corrected chi connectivity index (χ4v) is 1.53. The maximum atomic E-state index is 11.9. The minimum Gasteiger partial charge on any atom is -0.481 e. The highest BCUT2D eigenvalue weighted by Gasteiger charge is 2.17. The Labute approximate surface area is 111 Å². The van der Waals surface area contributed by atoms with Crippen LogP contribution in [0.1, 0.15) is 26.1 Å². The third kappa shape index (κ3) is 4.94. The Kier molecular flexibility index (Phi) is 5.28. The molecule has 8 heteroatoms. The molecule has 0 spiro atoms. The van der Waals surface area contributed by atoms with Crippen molar-refractivity contribution in [2.45, 2.75) is 32.9 Å². The lowest BCUT2D eigenvalue weighted by molar-refractivity contribution is -0.137. The highest BCUT2D eigenvalue weighted by atomic mass is 16.4. The number of nitrogens with one attached hydrogen (secondary N) is 1. The molecule has 0 aromatic carbocycles. The number of aliphatic carboxylic acids is 1. The second-order valence-corrected chi connectivity index (χ2v) is 4.42. The van der Waals surface area contributed by atoms with Crippen LogP contribution < -0.4 is 5.32 Å². The van der Waals surface area contributed by atoms with Crippen molar-refractivity contribution in [1.29, 1.82) is 0 Å². The van der Waals surface area contributed by atoms with Crippen molar-refractivity contribution in [1.82, 2.24) is 25.0 Å². The van der Waals surface area contributed by atoms with Crippen molar-refractivity contribution in [3.05, 3.63) is 12.2 Å². The average molecular weight is 269 g/mol. The first kappa shape index (κ1) is 14.9. The first-order valence-electron chi connectivity index (χ1n) is 6.01. The van der Waals surface area contributed by atoms with Crippen LogP contribution in [0.5, 0.6) is 0 Å². The lowest BCUT2D eigenvalue weighted by atomic mass is 10.3. The number of hydrogen-bond donors (Lipinski definition) is 2. The molecule has 0 atom stereocenters. The number of nitrogens with zero attached hydrogens (tertiary/aromatic N) is 4. The quantitative estimate of drug-likeness (QED) is 0.769. The van der Waals surface area contributed by atoms with Crippen LogP contribution in [-0.2, 0) is 18.4 Å². The summed E-state index contributed by atoms with van der Waals surface area (Å²) in [6.07, 6.45) is 1.47. The summed E-state index contributed by atoms with van der Waals surface area (Å²) in [4.78, 5) is 27.9. The fourth-order valence-electron chi connectivity index (χ4n) is 1.53. The van der Waals surface area contributed by atoms with E-state index in [9.17, 15) is 9.59 Å². The molecular weight excluding hydrogens is 250 g/mol. The SMILES string of the molecule is CC(C)N(CCC(=O)O)C(=O)NCc1ncn(C)n1. The zero-order valence-electron chi connectivity index (χ0n) is 11.3. The third-order valence-electron chi connectivity index (χ3n) is 2.50. The summed E-state index contributed by atoms with van der Waals surface area (Å²) in [5, 5.41) is 15.4. The molecule has 1 rings (SSSR count). The van der Waals surface area contributed by atoms with Gasteiger partial charge in [0.05, 0.1) is 13.0 Å². The fraction of sp³-hybridized carbons (Fsp3) is 0.636. The molecule has 0 radical (unpaired) electrons. The lowest BCUT2D eigenvalue weighted by Crippen LogP contribution is -2.44. The van der Waals surface area contributed by atoms with Crippen molar-refractivity contribution < 1.29 is 14.7 Å². The van der Waals surface area contributed by atoms with E-state index in [0.717, 1.165) is 0 Å². The number of aryl methyl sites for hydroxylation is 1. The maximum absolute atomic E-state index is 11.9. The highest BCUT2D eigenvalue weighted by molar-refractivity contribution is 5.75. The van der Waals surface area contributed by atoms with Gasteiger partial charge in [0.1, 0.15) is 6.33 Å². The zero-order chi connectivity index (χ0) is 14.4. The number of carbonyl (C=O) groups is 2. The Balaban J connectivity index is 2.49. The van der Waals surface area contributed by atoms with Crippen LogP contribution in [0.25, 0.3) is 0 Å². The van der Waals surface area contributed by atoms with Gasteiger partial charge in [-0.25, -0.2) is 9.78 Å². The van der Waals surface area contributed by atoms with Crippen molar-refractivity contribution in [3.8, 4) is 0 Å². The number of carboxylic acids is 1. The highest BCUT2D eigenvalue weighted by Crippen LogP contribution is 2.01. The van der Waals surface area contributed by atoms with E-state index < -0.39 is 5.97 Å². The van der Waals surface area contributed by atoms with Crippen LogP contribution in [0.4, 0.5) is 4.79 Å². The number of amides is 2. The molecule has 106 valence electrons. The van der Waals surface area contributed by atoms with Crippen LogP contribution in [-0.4, -0.2) is 49.4 Å². The first-order chi connectivity index (χ1) is 8.90. The number of urea groups is 1. The van der Waals surface area contributed by atoms with Crippen LogP contribution in [0.3, 0.4) is 0 Å². The number of hydrogen-bond acceptors (Lipinski definition) is 4. The lowest BCUT2D eigenvalue weighted by Gasteiger charge is -2.26. The van der Waals surface area contributed by atoms with Gasteiger partial charge in [0, 0.05) is 19.6 Å². The van der Waals surface area contributed by atoms with Crippen molar-refractivity contribution in [3.63, 3.8) is 0 Å². The average Bonchev–Trinajstić information content (AvgIpc) is 2.72. The third-order valence-corrected chi connectivity index (χ3v) is 2.50. The van der Waals surface area contributed by atoms with E-state index in [1.165, 1.54) is 4.90 Å². The first-order valence-corrected chi connectivity index (χ1v) is 6.01. The normalized spacial score (nSPS) is 10.5. The van der Waals surface area contributed by atoms with Gasteiger partial charge in [-0.2, -0.15) is 5.10 Å². The van der Waals surface area contributed by atoms with Crippen molar-refractivity contribution >= 4 is 12.0 Å². The predicted octanol–water partition coefficient (Wildman–Crippen LogP) is 0.210. The zero-order valence-corrected chi connectivity index (χ0v) is 11.3. The second-order valence-electron chi connectivity index (χ2n) is 4.42. The molecule has 8 nitrogen and oxygen atoms in total. The molecule has 2 amide bonds. The molecule has 19 heavy (non-hydrogen) atoms. The Morgan fingerprint density at radius 2 is 2.21 bits per heavy atom. The van der Waals surface area contributed by atoms with Crippen LogP contribution in [0, 0.1) is 0 Å². The molecule has 0 aliphatic rings. The van der Waals surface area contributed by atoms with E-state index >= 15 is 0 Å². The Morgan fingerprint density at radius 1 is 1.53 bits per heavy atom. The number of rotatable bonds is 6. The molecule has 0 aliphatic carbocycles. The summed E-state index contributed by atoms with van der Waals surface area (Å²) in [6, 6.07) is -0.389. The molecule has 1 heterocycles. The standard InChI is InChI=1S/C11H19N5O3/c1-8(2)16(5-4-10(17)18)11(19)12-6-9-13-7-15(3)14-9/h7-8H,4-6H2,1-3H3,(H,12,19)(H,17,18). The van der Waals surface area contributed by atoms with Gasteiger partial charge in [-0.1, -0.05) is 0 Å². The van der Waals surface area contributed by atoms with E-state index in [-0.39, 0.29) is 31.6 Å². The molecular formula is C11H19N5O3. The van der Waals surface area contributed by atoms with Gasteiger partial charge in [-0.3, -0.25) is 9.48 Å². The van der Waals surface area contributed by atoms with Gasteiger partial charge in [0.15, 0.2) is 5.82 Å². The molecule has 0 aliphatic heterocycles. The Hall–Kier alpha value is -2.12. The van der Waals surface area contributed by atoms with E-state index in [1.807, 2.05) is 13.8 Å². The smallest absolute Gasteiger partial charge is 0.318 e. The minimum absolute atomic E-state index is 0.0731. The summed E-state index contributed by atoms with van der Waals surface area (Å²) >= 11 is 0. The molecule has 1 aromatic heterocycles. The van der Waals surface area contributed by atoms with E-state index in [2.05, 4.69) is 15.4 Å². The summed E-state index contributed by atoms with van der Waals surface area (Å²) in [5.41, 5.74) is 0. The monoisotopic (exact) mass is 269 g/mol. The second kappa shape index (κ2) is 6.72. The van der Waals surface area contributed by atoms with E-state index in [1.54, 1.807) is 18.1 Å². The van der Waals surface area contributed by atoms with E-state index in [0.29, 0.717) is 5.82 Å². The molecule has 0 fully saturated rings. The molecule has 2 N–H and O–H groups in total. The summed E-state index contributed by atoms with van der Waals surface area (Å²) in [5.74, 6) is -0.414. The summed E-state index contributed by atoms with van der Waals surface area (Å²) < 4.78 is 1.55. The Morgan fingerprint density at radius 3 is 2.68 bits per heavy atom. The minimum atomic E-state index is -0.926. The largest absolute Gasteiger partial charge is 0.481 e. The summed E-state index contributed by atoms with van der Waals surface area (Å²) in [7, 11) is 1.74. The van der Waals surface area contributed by atoms with Gasteiger partial charge in [0.25, 0.3) is 0 Å². The van der Waals surface area contributed by atoms with Crippen LogP contribution >= 0.6 is 0 Å². The number of aromatic nitrogens is 3. The molecule has 0 saturated heterocycles. The Bertz CT molecular complexity index is 443. The van der Waals surface area contributed by atoms with Gasteiger partial charge < -0.3 is 15.3 Å². The van der Waals surface area contributed by atoms with Crippen LogP contribution in [0.15, 0.2) is 6.33 Å². The van der Waals surface area contributed by atoms with Gasteiger partial charge >= 0.3 is 12.0 Å². The molecule has 1 aromatic rings. The van der Waals surface area contributed by atoms with Gasteiger partial charge in [-0.05, 0) is 13.8 Å². The molecule has 0 saturated carbocycles. The van der Waals surface area contributed by atoms with Gasteiger partial charge in [-0.15, -0.1) is 0 Å². The number of carbonyl (C=O) groups excluding carboxylic acids is 1.